The lowest BCUT2D eigenvalue weighted by Crippen LogP contribution is -2.06. The van der Waals surface area contributed by atoms with Crippen LogP contribution in [0.5, 0.6) is 0 Å². The van der Waals surface area contributed by atoms with Gasteiger partial charge in [0.1, 0.15) is 6.33 Å². The molecule has 23 heavy (non-hydrogen) atoms. The first kappa shape index (κ1) is 14.7. The van der Waals surface area contributed by atoms with Gasteiger partial charge in [-0.2, -0.15) is 4.98 Å². The number of hydrogen-bond donors (Lipinski definition) is 2. The summed E-state index contributed by atoms with van der Waals surface area (Å²) in [6.07, 6.45) is 5.03. The van der Waals surface area contributed by atoms with Crippen LogP contribution in [0.2, 0.25) is 0 Å². The molecule has 116 valence electrons. The molecule has 0 radical (unpaired) electrons. The molecular formula is C16H16N6O. The molecule has 7 nitrogen and oxygen atoms in total. The number of amides is 1. The second-order valence-corrected chi connectivity index (χ2v) is 5.12. The Kier molecular flexibility index (Phi) is 4.01. The summed E-state index contributed by atoms with van der Waals surface area (Å²) in [6, 6.07) is 9.42. The van der Waals surface area contributed by atoms with Crippen molar-refractivity contribution in [2.24, 2.45) is 0 Å². The quantitative estimate of drug-likeness (QED) is 0.774. The fraction of sp³-hybridized carbons (Fsp3) is 0.125. The molecule has 2 N–H and O–H groups in total. The number of carbonyl (C=O) groups excluding carboxylic acids is 1. The SMILES string of the molecule is CC(=O)Nc1cc(C)cc(Nc2ncn(-c3cccnc3)n2)c1. The van der Waals surface area contributed by atoms with Crippen LogP contribution in [-0.4, -0.2) is 25.7 Å². The first-order valence-electron chi connectivity index (χ1n) is 7.08. The highest BCUT2D eigenvalue weighted by Crippen LogP contribution is 2.21. The minimum Gasteiger partial charge on any atom is -0.326 e. The van der Waals surface area contributed by atoms with E-state index in [0.717, 1.165) is 22.6 Å². The van der Waals surface area contributed by atoms with Crippen molar-refractivity contribution in [1.82, 2.24) is 19.7 Å². The van der Waals surface area contributed by atoms with Crippen molar-refractivity contribution >= 4 is 23.2 Å². The van der Waals surface area contributed by atoms with Gasteiger partial charge in [0.2, 0.25) is 11.9 Å². The number of nitrogens with one attached hydrogen (secondary N) is 2. The molecule has 2 aromatic heterocycles. The van der Waals surface area contributed by atoms with Crippen LogP contribution in [0.4, 0.5) is 17.3 Å². The first-order chi connectivity index (χ1) is 11.1. The van der Waals surface area contributed by atoms with Gasteiger partial charge in [0.05, 0.1) is 11.9 Å². The third-order valence-corrected chi connectivity index (χ3v) is 3.06. The summed E-state index contributed by atoms with van der Waals surface area (Å²) in [5.41, 5.74) is 3.38. The summed E-state index contributed by atoms with van der Waals surface area (Å²) < 4.78 is 1.64. The molecule has 0 saturated heterocycles. The van der Waals surface area contributed by atoms with Gasteiger partial charge in [-0.3, -0.25) is 9.78 Å². The summed E-state index contributed by atoms with van der Waals surface area (Å²) in [7, 11) is 0. The van der Waals surface area contributed by atoms with Crippen molar-refractivity contribution in [3.8, 4) is 5.69 Å². The van der Waals surface area contributed by atoms with Crippen molar-refractivity contribution in [3.63, 3.8) is 0 Å². The monoisotopic (exact) mass is 308 g/mol. The van der Waals surface area contributed by atoms with E-state index >= 15 is 0 Å². The summed E-state index contributed by atoms with van der Waals surface area (Å²) in [6.45, 7) is 3.44. The van der Waals surface area contributed by atoms with E-state index in [9.17, 15) is 4.79 Å². The number of benzene rings is 1. The largest absolute Gasteiger partial charge is 0.326 e. The van der Waals surface area contributed by atoms with Crippen LogP contribution in [0, 0.1) is 6.92 Å². The number of anilines is 3. The van der Waals surface area contributed by atoms with Crippen LogP contribution in [0.15, 0.2) is 49.1 Å². The van der Waals surface area contributed by atoms with E-state index in [4.69, 9.17) is 0 Å². The topological polar surface area (TPSA) is 84.7 Å². The van der Waals surface area contributed by atoms with Gasteiger partial charge in [0.15, 0.2) is 0 Å². The van der Waals surface area contributed by atoms with Gasteiger partial charge in [0.25, 0.3) is 0 Å². The molecule has 1 amide bonds. The minimum absolute atomic E-state index is 0.111. The molecule has 0 spiro atoms. The zero-order valence-electron chi connectivity index (χ0n) is 12.8. The van der Waals surface area contributed by atoms with Crippen molar-refractivity contribution < 1.29 is 4.79 Å². The van der Waals surface area contributed by atoms with E-state index in [1.807, 2.05) is 37.3 Å². The van der Waals surface area contributed by atoms with Crippen molar-refractivity contribution in [3.05, 3.63) is 54.6 Å². The predicted molar refractivity (Wildman–Crippen MR) is 87.9 cm³/mol. The maximum atomic E-state index is 11.2. The Hall–Kier alpha value is -3.22. The number of aryl methyl sites for hydroxylation is 1. The maximum Gasteiger partial charge on any atom is 0.246 e. The number of pyridine rings is 1. The molecule has 0 aliphatic rings. The lowest BCUT2D eigenvalue weighted by molar-refractivity contribution is -0.114. The Morgan fingerprint density at radius 2 is 2.04 bits per heavy atom. The zero-order valence-corrected chi connectivity index (χ0v) is 12.8. The van der Waals surface area contributed by atoms with Crippen molar-refractivity contribution in [2.75, 3.05) is 10.6 Å². The Morgan fingerprint density at radius 3 is 2.78 bits per heavy atom. The molecule has 2 heterocycles. The summed E-state index contributed by atoms with van der Waals surface area (Å²) >= 11 is 0. The molecule has 0 unspecified atom stereocenters. The molecule has 1 aromatic carbocycles. The fourth-order valence-electron chi connectivity index (χ4n) is 2.19. The van der Waals surface area contributed by atoms with Gasteiger partial charge in [-0.1, -0.05) is 0 Å². The number of hydrogen-bond acceptors (Lipinski definition) is 5. The standard InChI is InChI=1S/C16H16N6O/c1-11-6-13(19-12(2)23)8-14(7-11)20-16-18-10-22(21-16)15-4-3-5-17-9-15/h3-10H,1-2H3,(H,19,23)(H,20,21). The van der Waals surface area contributed by atoms with Crippen LogP contribution in [0.1, 0.15) is 12.5 Å². The molecule has 0 saturated carbocycles. The van der Waals surface area contributed by atoms with Crippen LogP contribution >= 0.6 is 0 Å². The highest BCUT2D eigenvalue weighted by atomic mass is 16.1. The zero-order chi connectivity index (χ0) is 16.2. The van der Waals surface area contributed by atoms with Crippen LogP contribution < -0.4 is 10.6 Å². The summed E-state index contributed by atoms with van der Waals surface area (Å²) in [4.78, 5) is 19.5. The normalized spacial score (nSPS) is 10.3. The highest BCUT2D eigenvalue weighted by Gasteiger charge is 2.05. The second-order valence-electron chi connectivity index (χ2n) is 5.12. The van der Waals surface area contributed by atoms with E-state index in [-0.39, 0.29) is 5.91 Å². The van der Waals surface area contributed by atoms with Gasteiger partial charge in [-0.05, 0) is 42.8 Å². The van der Waals surface area contributed by atoms with E-state index in [0.29, 0.717) is 5.95 Å². The maximum absolute atomic E-state index is 11.2. The molecule has 7 heteroatoms. The van der Waals surface area contributed by atoms with E-state index < -0.39 is 0 Å². The van der Waals surface area contributed by atoms with Gasteiger partial charge in [0, 0.05) is 24.5 Å². The lowest BCUT2D eigenvalue weighted by Gasteiger charge is -2.08. The van der Waals surface area contributed by atoms with E-state index in [2.05, 4.69) is 25.7 Å². The van der Waals surface area contributed by atoms with E-state index in [1.165, 1.54) is 6.92 Å². The smallest absolute Gasteiger partial charge is 0.246 e. The number of nitrogens with zero attached hydrogens (tertiary/aromatic N) is 4. The third kappa shape index (κ3) is 3.70. The third-order valence-electron chi connectivity index (χ3n) is 3.06. The highest BCUT2D eigenvalue weighted by molar-refractivity contribution is 5.89. The van der Waals surface area contributed by atoms with E-state index in [1.54, 1.807) is 23.4 Å². The number of carbonyl (C=O) groups is 1. The second kappa shape index (κ2) is 6.27. The average molecular weight is 308 g/mol. The Bertz CT molecular complexity index is 828. The molecule has 3 aromatic rings. The summed E-state index contributed by atoms with van der Waals surface area (Å²) in [5, 5.41) is 10.3. The Morgan fingerprint density at radius 1 is 1.22 bits per heavy atom. The van der Waals surface area contributed by atoms with Crippen molar-refractivity contribution in [2.45, 2.75) is 13.8 Å². The Labute approximate surface area is 133 Å². The lowest BCUT2D eigenvalue weighted by atomic mass is 10.2. The molecule has 0 bridgehead atoms. The molecule has 0 aliphatic heterocycles. The average Bonchev–Trinajstić information content (AvgIpc) is 2.95. The van der Waals surface area contributed by atoms with Gasteiger partial charge >= 0.3 is 0 Å². The van der Waals surface area contributed by atoms with Gasteiger partial charge in [-0.25, -0.2) is 4.68 Å². The van der Waals surface area contributed by atoms with Crippen LogP contribution in [0.3, 0.4) is 0 Å². The van der Waals surface area contributed by atoms with Crippen molar-refractivity contribution in [1.29, 1.82) is 0 Å². The van der Waals surface area contributed by atoms with Gasteiger partial charge < -0.3 is 10.6 Å². The van der Waals surface area contributed by atoms with Crippen LogP contribution in [-0.2, 0) is 4.79 Å². The predicted octanol–water partition coefficient (Wildman–Crippen LogP) is 2.67. The Balaban J connectivity index is 1.81. The molecule has 3 rings (SSSR count). The molecular weight excluding hydrogens is 292 g/mol. The molecule has 0 fully saturated rings. The number of aromatic nitrogens is 4. The molecule has 0 aliphatic carbocycles. The van der Waals surface area contributed by atoms with Crippen LogP contribution in [0.25, 0.3) is 5.69 Å². The number of rotatable bonds is 4. The fourth-order valence-corrected chi connectivity index (χ4v) is 2.19. The summed E-state index contributed by atoms with van der Waals surface area (Å²) in [5.74, 6) is 0.355. The first-order valence-corrected chi connectivity index (χ1v) is 7.08. The van der Waals surface area contributed by atoms with Gasteiger partial charge in [-0.15, -0.1) is 5.10 Å². The molecule has 0 atom stereocenters. The minimum atomic E-state index is -0.111.